The van der Waals surface area contributed by atoms with Crippen molar-refractivity contribution in [2.24, 2.45) is 5.92 Å². The number of carbonyl (C=O) groups is 1. The molecule has 0 heterocycles. The second kappa shape index (κ2) is 7.43. The van der Waals surface area contributed by atoms with E-state index in [1.54, 1.807) is 19.1 Å². The van der Waals surface area contributed by atoms with Crippen LogP contribution in [-0.2, 0) is 17.9 Å². The smallest absolute Gasteiger partial charge is 0.317 e. The van der Waals surface area contributed by atoms with E-state index in [2.05, 4.69) is 5.32 Å². The lowest BCUT2D eigenvalue weighted by Gasteiger charge is -2.21. The lowest BCUT2D eigenvalue weighted by atomic mass is 10.1. The first kappa shape index (κ1) is 15.8. The number of amides is 2. The number of nitrogens with zero attached hydrogens (tertiary/aromatic N) is 1. The predicted octanol–water partition coefficient (Wildman–Crippen LogP) is 1.75. The summed E-state index contributed by atoms with van der Waals surface area (Å²) in [4.78, 5) is 13.5. The molecule has 2 amide bonds. The SMILES string of the molecule is COCc1ccc(CNC(=O)N(C)CC(O)C2CC2)cc1. The summed E-state index contributed by atoms with van der Waals surface area (Å²) >= 11 is 0. The van der Waals surface area contributed by atoms with Gasteiger partial charge in [-0.05, 0) is 29.9 Å². The van der Waals surface area contributed by atoms with Crippen molar-refractivity contribution in [3.8, 4) is 0 Å². The Balaban J connectivity index is 1.74. The number of urea groups is 1. The third-order valence-corrected chi connectivity index (χ3v) is 3.75. The molecule has 2 N–H and O–H groups in total. The molecule has 1 aromatic carbocycles. The molecular weight excluding hydrogens is 268 g/mol. The van der Waals surface area contributed by atoms with E-state index in [1.807, 2.05) is 24.3 Å². The Morgan fingerprint density at radius 3 is 2.57 bits per heavy atom. The molecule has 1 saturated carbocycles. The Bertz CT molecular complexity index is 457. The highest BCUT2D eigenvalue weighted by Gasteiger charge is 2.31. The molecule has 5 nitrogen and oxygen atoms in total. The van der Waals surface area contributed by atoms with E-state index < -0.39 is 6.10 Å². The average Bonchev–Trinajstić information content (AvgIpc) is 3.31. The topological polar surface area (TPSA) is 61.8 Å². The van der Waals surface area contributed by atoms with Crippen LogP contribution >= 0.6 is 0 Å². The molecule has 1 fully saturated rings. The highest BCUT2D eigenvalue weighted by molar-refractivity contribution is 5.73. The van der Waals surface area contributed by atoms with Gasteiger partial charge in [-0.15, -0.1) is 0 Å². The Morgan fingerprint density at radius 2 is 2.00 bits per heavy atom. The Labute approximate surface area is 125 Å². The molecule has 21 heavy (non-hydrogen) atoms. The van der Waals surface area contributed by atoms with Crippen molar-refractivity contribution in [1.82, 2.24) is 10.2 Å². The minimum absolute atomic E-state index is 0.157. The first-order valence-corrected chi connectivity index (χ1v) is 7.34. The summed E-state index contributed by atoms with van der Waals surface area (Å²) in [6.45, 7) is 1.47. The predicted molar refractivity (Wildman–Crippen MR) is 80.8 cm³/mol. The summed E-state index contributed by atoms with van der Waals surface area (Å²) in [7, 11) is 3.38. The summed E-state index contributed by atoms with van der Waals surface area (Å²) in [5.41, 5.74) is 2.15. The molecule has 1 unspecified atom stereocenters. The summed E-state index contributed by atoms with van der Waals surface area (Å²) in [6.07, 6.45) is 1.75. The van der Waals surface area contributed by atoms with E-state index in [-0.39, 0.29) is 6.03 Å². The van der Waals surface area contributed by atoms with Gasteiger partial charge in [0.15, 0.2) is 0 Å². The molecule has 1 aliphatic carbocycles. The van der Waals surface area contributed by atoms with Crippen LogP contribution < -0.4 is 5.32 Å². The fraction of sp³-hybridized carbons (Fsp3) is 0.562. The molecule has 5 heteroatoms. The summed E-state index contributed by atoms with van der Waals surface area (Å²) in [6, 6.07) is 7.79. The van der Waals surface area contributed by atoms with Crippen LogP contribution in [0.1, 0.15) is 24.0 Å². The number of hydrogen-bond donors (Lipinski definition) is 2. The summed E-state index contributed by atoms with van der Waals surface area (Å²) in [5.74, 6) is 0.383. The molecule has 0 saturated heterocycles. The third kappa shape index (κ3) is 5.02. The largest absolute Gasteiger partial charge is 0.391 e. The van der Waals surface area contributed by atoms with Gasteiger partial charge < -0.3 is 20.1 Å². The summed E-state index contributed by atoms with van der Waals surface area (Å²) < 4.78 is 5.06. The normalized spacial score (nSPS) is 15.6. The lowest BCUT2D eigenvalue weighted by Crippen LogP contribution is -2.41. The van der Waals surface area contributed by atoms with E-state index in [1.165, 1.54) is 0 Å². The van der Waals surface area contributed by atoms with Crippen molar-refractivity contribution >= 4 is 6.03 Å². The molecule has 1 aliphatic rings. The average molecular weight is 292 g/mol. The van der Waals surface area contributed by atoms with Crippen molar-refractivity contribution in [3.63, 3.8) is 0 Å². The van der Waals surface area contributed by atoms with Crippen LogP contribution in [0.4, 0.5) is 4.79 Å². The Kier molecular flexibility index (Phi) is 5.59. The van der Waals surface area contributed by atoms with Gasteiger partial charge in [0.2, 0.25) is 0 Å². The maximum atomic E-state index is 11.9. The van der Waals surface area contributed by atoms with Crippen LogP contribution in [0.15, 0.2) is 24.3 Å². The lowest BCUT2D eigenvalue weighted by molar-refractivity contribution is 0.113. The number of hydrogen-bond acceptors (Lipinski definition) is 3. The number of methoxy groups -OCH3 is 1. The van der Waals surface area contributed by atoms with Crippen LogP contribution in [0.25, 0.3) is 0 Å². The number of aliphatic hydroxyl groups is 1. The number of aliphatic hydroxyl groups excluding tert-OH is 1. The molecule has 116 valence electrons. The van der Waals surface area contributed by atoms with Gasteiger partial charge in [0.1, 0.15) is 0 Å². The number of carbonyl (C=O) groups excluding carboxylic acids is 1. The zero-order valence-corrected chi connectivity index (χ0v) is 12.7. The quantitative estimate of drug-likeness (QED) is 0.805. The fourth-order valence-electron chi connectivity index (χ4n) is 2.23. The van der Waals surface area contributed by atoms with Gasteiger partial charge in [-0.25, -0.2) is 4.79 Å². The van der Waals surface area contributed by atoms with Crippen molar-refractivity contribution in [1.29, 1.82) is 0 Å². The molecule has 0 aromatic heterocycles. The van der Waals surface area contributed by atoms with E-state index in [9.17, 15) is 9.90 Å². The minimum Gasteiger partial charge on any atom is -0.391 e. The number of nitrogens with one attached hydrogen (secondary N) is 1. The minimum atomic E-state index is -0.394. The zero-order chi connectivity index (χ0) is 15.2. The van der Waals surface area contributed by atoms with Gasteiger partial charge in [0, 0.05) is 27.2 Å². The molecular formula is C16H24N2O3. The molecule has 1 atom stereocenters. The number of rotatable bonds is 7. The molecule has 0 radical (unpaired) electrons. The van der Waals surface area contributed by atoms with Crippen LogP contribution in [0.5, 0.6) is 0 Å². The van der Waals surface area contributed by atoms with E-state index in [4.69, 9.17) is 4.74 Å². The highest BCUT2D eigenvalue weighted by atomic mass is 16.5. The maximum Gasteiger partial charge on any atom is 0.317 e. The summed E-state index contributed by atoms with van der Waals surface area (Å²) in [5, 5.41) is 12.7. The highest BCUT2D eigenvalue weighted by Crippen LogP contribution is 2.32. The standard InChI is InChI=1S/C16H24N2O3/c1-18(10-15(19)14-7-8-14)16(20)17-9-12-3-5-13(6-4-12)11-21-2/h3-6,14-15,19H,7-11H2,1-2H3,(H,17,20). The van der Waals surface area contributed by atoms with Gasteiger partial charge in [0.05, 0.1) is 12.7 Å². The van der Waals surface area contributed by atoms with E-state index >= 15 is 0 Å². The van der Waals surface area contributed by atoms with Gasteiger partial charge in [-0.3, -0.25) is 0 Å². The molecule has 0 bridgehead atoms. The Hall–Kier alpha value is -1.59. The van der Waals surface area contributed by atoms with Gasteiger partial charge in [-0.2, -0.15) is 0 Å². The number of likely N-dealkylation sites (N-methyl/N-ethyl adjacent to an activating group) is 1. The van der Waals surface area contributed by atoms with Crippen molar-refractivity contribution < 1.29 is 14.6 Å². The molecule has 0 aliphatic heterocycles. The van der Waals surface area contributed by atoms with Gasteiger partial charge in [-0.1, -0.05) is 24.3 Å². The molecule has 1 aromatic rings. The van der Waals surface area contributed by atoms with Crippen LogP contribution in [0.2, 0.25) is 0 Å². The third-order valence-electron chi connectivity index (χ3n) is 3.75. The van der Waals surface area contributed by atoms with Gasteiger partial charge >= 0.3 is 6.03 Å². The maximum absolute atomic E-state index is 11.9. The van der Waals surface area contributed by atoms with Crippen LogP contribution in [0.3, 0.4) is 0 Å². The van der Waals surface area contributed by atoms with E-state index in [0.29, 0.717) is 25.6 Å². The Morgan fingerprint density at radius 1 is 1.38 bits per heavy atom. The van der Waals surface area contributed by atoms with Crippen molar-refractivity contribution in [2.75, 3.05) is 20.7 Å². The number of ether oxygens (including phenoxy) is 1. The van der Waals surface area contributed by atoms with E-state index in [0.717, 1.165) is 24.0 Å². The number of benzene rings is 1. The van der Waals surface area contributed by atoms with Crippen molar-refractivity contribution in [2.45, 2.75) is 32.1 Å². The fourth-order valence-corrected chi connectivity index (χ4v) is 2.23. The monoisotopic (exact) mass is 292 g/mol. The first-order valence-electron chi connectivity index (χ1n) is 7.34. The van der Waals surface area contributed by atoms with Crippen LogP contribution in [-0.4, -0.2) is 42.8 Å². The van der Waals surface area contributed by atoms with Crippen LogP contribution in [0, 0.1) is 5.92 Å². The first-order chi connectivity index (χ1) is 10.1. The second-order valence-corrected chi connectivity index (χ2v) is 5.69. The molecule has 0 spiro atoms. The van der Waals surface area contributed by atoms with Crippen molar-refractivity contribution in [3.05, 3.63) is 35.4 Å². The second-order valence-electron chi connectivity index (χ2n) is 5.69. The molecule has 2 rings (SSSR count). The zero-order valence-electron chi connectivity index (χ0n) is 12.7. The van der Waals surface area contributed by atoms with Gasteiger partial charge in [0.25, 0.3) is 0 Å².